The third-order valence-corrected chi connectivity index (χ3v) is 3.94. The molecule has 0 fully saturated rings. The highest BCUT2D eigenvalue weighted by Gasteiger charge is 2.27. The molecule has 0 bridgehead atoms. The van der Waals surface area contributed by atoms with Gasteiger partial charge >= 0.3 is 12.0 Å². The second-order valence-corrected chi connectivity index (χ2v) is 6.66. The Morgan fingerprint density at radius 1 is 1.18 bits per heavy atom. The van der Waals surface area contributed by atoms with Crippen LogP contribution in [0.15, 0.2) is 24.3 Å². The van der Waals surface area contributed by atoms with Gasteiger partial charge in [-0.25, -0.2) is 18.7 Å². The predicted molar refractivity (Wildman–Crippen MR) is 100.0 cm³/mol. The molecule has 0 aliphatic heterocycles. The highest BCUT2D eigenvalue weighted by atomic mass is 35.5. The van der Waals surface area contributed by atoms with Gasteiger partial charge in [0.1, 0.15) is 16.5 Å². The molecule has 150 valence electrons. The number of imide groups is 1. The maximum absolute atomic E-state index is 13.1. The van der Waals surface area contributed by atoms with Crippen molar-refractivity contribution < 1.29 is 23.5 Å². The molecule has 1 atom stereocenters. The molecule has 1 unspecified atom stereocenters. The molecule has 2 N–H and O–H groups in total. The van der Waals surface area contributed by atoms with E-state index in [0.29, 0.717) is 5.69 Å². The lowest BCUT2D eigenvalue weighted by molar-refractivity contribution is -0.127. The number of aromatic nitrogens is 2. The summed E-state index contributed by atoms with van der Waals surface area (Å²) < 4.78 is 19.5. The molecule has 0 aliphatic carbocycles. The van der Waals surface area contributed by atoms with E-state index >= 15 is 0 Å². The Labute approximate surface area is 166 Å². The number of nitrogens with one attached hydrogen (secondary N) is 2. The van der Waals surface area contributed by atoms with Crippen LogP contribution >= 0.6 is 11.6 Å². The Morgan fingerprint density at radius 2 is 1.79 bits per heavy atom. The zero-order chi connectivity index (χ0) is 21.0. The van der Waals surface area contributed by atoms with Crippen LogP contribution in [0.4, 0.5) is 9.18 Å². The lowest BCUT2D eigenvalue weighted by Gasteiger charge is -2.14. The first-order valence-corrected chi connectivity index (χ1v) is 8.81. The summed E-state index contributed by atoms with van der Waals surface area (Å²) in [5.41, 5.74) is 0.687. The lowest BCUT2D eigenvalue weighted by Crippen LogP contribution is -2.46. The number of ether oxygens (including phenoxy) is 1. The van der Waals surface area contributed by atoms with Crippen molar-refractivity contribution in [3.63, 3.8) is 0 Å². The molecular weight excluding hydrogens is 391 g/mol. The Bertz CT molecular complexity index is 896. The third kappa shape index (κ3) is 5.07. The van der Waals surface area contributed by atoms with Gasteiger partial charge in [-0.15, -0.1) is 0 Å². The van der Waals surface area contributed by atoms with Crippen LogP contribution in [0.1, 0.15) is 36.8 Å². The standard InChI is InChI=1S/C18H20ClFN4O4/c1-9(2)21-18(27)22-16(25)11(4)28-17(26)14-10(3)23-24(15(14)19)13-7-5-12(20)6-8-13/h5-9,11H,1-4H3,(H2,21,22,25,27). The molecule has 28 heavy (non-hydrogen) atoms. The molecule has 1 heterocycles. The maximum atomic E-state index is 13.1. The minimum Gasteiger partial charge on any atom is -0.449 e. The number of amides is 3. The summed E-state index contributed by atoms with van der Waals surface area (Å²) in [4.78, 5) is 36.0. The first-order valence-electron chi connectivity index (χ1n) is 8.43. The number of hydrogen-bond acceptors (Lipinski definition) is 5. The molecule has 0 spiro atoms. The van der Waals surface area contributed by atoms with Gasteiger partial charge in [-0.2, -0.15) is 5.10 Å². The van der Waals surface area contributed by atoms with Gasteiger partial charge in [0.05, 0.1) is 11.4 Å². The smallest absolute Gasteiger partial charge is 0.344 e. The molecular formula is C18H20ClFN4O4. The van der Waals surface area contributed by atoms with E-state index in [0.717, 1.165) is 0 Å². The van der Waals surface area contributed by atoms with Crippen molar-refractivity contribution in [1.82, 2.24) is 20.4 Å². The third-order valence-electron chi connectivity index (χ3n) is 3.59. The first kappa shape index (κ1) is 21.4. The first-order chi connectivity index (χ1) is 13.1. The number of carbonyl (C=O) groups excluding carboxylic acids is 3. The normalized spacial score (nSPS) is 11.8. The highest BCUT2D eigenvalue weighted by molar-refractivity contribution is 6.33. The summed E-state index contributed by atoms with van der Waals surface area (Å²) in [7, 11) is 0. The monoisotopic (exact) mass is 410 g/mol. The molecule has 1 aromatic heterocycles. The van der Waals surface area contributed by atoms with E-state index in [1.807, 2.05) is 0 Å². The second kappa shape index (κ2) is 8.83. The van der Waals surface area contributed by atoms with Gasteiger partial charge < -0.3 is 10.1 Å². The van der Waals surface area contributed by atoms with Gasteiger partial charge in [-0.1, -0.05) is 11.6 Å². The summed E-state index contributed by atoms with van der Waals surface area (Å²) in [6.45, 7) is 6.33. The van der Waals surface area contributed by atoms with E-state index < -0.39 is 29.8 Å². The minimum atomic E-state index is -1.24. The molecule has 2 aromatic rings. The van der Waals surface area contributed by atoms with Crippen LogP contribution in [0.25, 0.3) is 5.69 Å². The van der Waals surface area contributed by atoms with Gasteiger partial charge in [0.15, 0.2) is 6.10 Å². The maximum Gasteiger partial charge on any atom is 0.344 e. The van der Waals surface area contributed by atoms with E-state index in [9.17, 15) is 18.8 Å². The zero-order valence-electron chi connectivity index (χ0n) is 15.7. The number of urea groups is 1. The number of esters is 1. The van der Waals surface area contributed by atoms with Crippen LogP contribution in [0.5, 0.6) is 0 Å². The fourth-order valence-corrected chi connectivity index (χ4v) is 2.62. The summed E-state index contributed by atoms with van der Waals surface area (Å²) in [6.07, 6.45) is -1.24. The van der Waals surface area contributed by atoms with Crippen molar-refractivity contribution in [3.8, 4) is 5.69 Å². The van der Waals surface area contributed by atoms with Crippen LogP contribution in [0, 0.1) is 12.7 Å². The molecule has 3 amide bonds. The number of hydrogen-bond donors (Lipinski definition) is 2. The summed E-state index contributed by atoms with van der Waals surface area (Å²) in [6, 6.07) is 4.51. The molecule has 0 radical (unpaired) electrons. The molecule has 0 aliphatic rings. The van der Waals surface area contributed by atoms with Crippen LogP contribution in [-0.4, -0.2) is 39.8 Å². The summed E-state index contributed by atoms with van der Waals surface area (Å²) in [5.74, 6) is -2.08. The molecule has 0 saturated carbocycles. The lowest BCUT2D eigenvalue weighted by atomic mass is 10.2. The minimum absolute atomic E-state index is 0.0303. The van der Waals surface area contributed by atoms with Crippen molar-refractivity contribution in [3.05, 3.63) is 46.5 Å². The van der Waals surface area contributed by atoms with Crippen molar-refractivity contribution in [1.29, 1.82) is 0 Å². The average molecular weight is 411 g/mol. The Kier molecular flexibility index (Phi) is 6.74. The van der Waals surface area contributed by atoms with Gasteiger partial charge in [-0.05, 0) is 52.0 Å². The van der Waals surface area contributed by atoms with E-state index in [-0.39, 0.29) is 22.5 Å². The summed E-state index contributed by atoms with van der Waals surface area (Å²) >= 11 is 6.24. The van der Waals surface area contributed by atoms with E-state index in [1.165, 1.54) is 35.9 Å². The number of carbonyl (C=O) groups is 3. The number of rotatable bonds is 5. The van der Waals surface area contributed by atoms with Crippen molar-refractivity contribution in [2.75, 3.05) is 0 Å². The van der Waals surface area contributed by atoms with Gasteiger partial charge in [0, 0.05) is 6.04 Å². The SMILES string of the molecule is Cc1nn(-c2ccc(F)cc2)c(Cl)c1C(=O)OC(C)C(=O)NC(=O)NC(C)C. The van der Waals surface area contributed by atoms with E-state index in [2.05, 4.69) is 15.7 Å². The molecule has 10 heteroatoms. The van der Waals surface area contributed by atoms with Gasteiger partial charge in [0.2, 0.25) is 0 Å². The van der Waals surface area contributed by atoms with Crippen LogP contribution in [0.2, 0.25) is 5.15 Å². The predicted octanol–water partition coefficient (Wildman–Crippen LogP) is 2.75. The largest absolute Gasteiger partial charge is 0.449 e. The van der Waals surface area contributed by atoms with Crippen molar-refractivity contribution in [2.24, 2.45) is 0 Å². The molecule has 2 rings (SSSR count). The summed E-state index contributed by atoms with van der Waals surface area (Å²) in [5, 5.41) is 8.68. The Hall–Kier alpha value is -2.94. The van der Waals surface area contributed by atoms with Crippen molar-refractivity contribution in [2.45, 2.75) is 39.8 Å². The average Bonchev–Trinajstić information content (AvgIpc) is 2.89. The van der Waals surface area contributed by atoms with E-state index in [4.69, 9.17) is 16.3 Å². The number of nitrogens with zero attached hydrogens (tertiary/aromatic N) is 2. The molecule has 1 aromatic carbocycles. The van der Waals surface area contributed by atoms with Crippen LogP contribution in [0.3, 0.4) is 0 Å². The topological polar surface area (TPSA) is 102 Å². The molecule has 8 nitrogen and oxygen atoms in total. The fourth-order valence-electron chi connectivity index (χ4n) is 2.27. The number of aryl methyl sites for hydroxylation is 1. The zero-order valence-corrected chi connectivity index (χ0v) is 16.5. The highest BCUT2D eigenvalue weighted by Crippen LogP contribution is 2.24. The van der Waals surface area contributed by atoms with E-state index in [1.54, 1.807) is 20.8 Å². The van der Waals surface area contributed by atoms with Crippen molar-refractivity contribution >= 4 is 29.5 Å². The van der Waals surface area contributed by atoms with Gasteiger partial charge in [0.25, 0.3) is 5.91 Å². The quantitative estimate of drug-likeness (QED) is 0.738. The molecule has 0 saturated heterocycles. The van der Waals surface area contributed by atoms with Gasteiger partial charge in [-0.3, -0.25) is 10.1 Å². The Morgan fingerprint density at radius 3 is 2.36 bits per heavy atom. The second-order valence-electron chi connectivity index (χ2n) is 6.30. The fraction of sp³-hybridized carbons (Fsp3) is 0.333. The Balaban J connectivity index is 2.13. The van der Waals surface area contributed by atoms with Crippen LogP contribution in [-0.2, 0) is 9.53 Å². The van der Waals surface area contributed by atoms with Crippen LogP contribution < -0.4 is 10.6 Å². The number of benzene rings is 1. The number of halogens is 2.